The van der Waals surface area contributed by atoms with Crippen molar-refractivity contribution in [2.75, 3.05) is 33.0 Å². The van der Waals surface area contributed by atoms with Gasteiger partial charge in [0.1, 0.15) is 17.2 Å². The average Bonchev–Trinajstić information content (AvgIpc) is 3.45. The van der Waals surface area contributed by atoms with Crippen molar-refractivity contribution in [2.24, 2.45) is 5.41 Å². The number of fused-ring (bicyclic) bond motifs is 2. The number of carboxylic acid groups (broad SMARTS) is 1. The van der Waals surface area contributed by atoms with Gasteiger partial charge in [0.05, 0.1) is 39.5 Å². The summed E-state index contributed by atoms with van der Waals surface area (Å²) in [5.41, 5.74) is 8.16. The number of carboxylic acids is 1. The van der Waals surface area contributed by atoms with E-state index in [0.29, 0.717) is 19.8 Å². The van der Waals surface area contributed by atoms with Crippen LogP contribution in [0.2, 0.25) is 0 Å². The van der Waals surface area contributed by atoms with Crippen LogP contribution in [0.5, 0.6) is 17.2 Å². The summed E-state index contributed by atoms with van der Waals surface area (Å²) < 4.78 is 23.7. The van der Waals surface area contributed by atoms with Gasteiger partial charge in [-0.05, 0) is 60.7 Å². The van der Waals surface area contributed by atoms with Crippen LogP contribution in [0.1, 0.15) is 53.0 Å². The lowest BCUT2D eigenvalue weighted by atomic mass is 9.88. The predicted molar refractivity (Wildman–Crippen MR) is 145 cm³/mol. The molecule has 0 aromatic heterocycles. The molecular weight excluding hydrogens is 480 g/mol. The van der Waals surface area contributed by atoms with Crippen LogP contribution in [0.25, 0.3) is 11.1 Å². The summed E-state index contributed by atoms with van der Waals surface area (Å²) in [6, 6.07) is 16.9. The Kier molecular flexibility index (Phi) is 6.31. The molecule has 38 heavy (non-hydrogen) atoms. The highest BCUT2D eigenvalue weighted by atomic mass is 16.5. The highest BCUT2D eigenvalue weighted by Gasteiger charge is 2.34. The molecule has 0 unspecified atom stereocenters. The van der Waals surface area contributed by atoms with Crippen LogP contribution >= 0.6 is 0 Å². The smallest absolute Gasteiger partial charge is 0.304 e. The van der Waals surface area contributed by atoms with Gasteiger partial charge in [0.15, 0.2) is 0 Å². The molecule has 3 heterocycles. The molecule has 1 saturated heterocycles. The second-order valence-electron chi connectivity index (χ2n) is 11.4. The molecule has 0 radical (unpaired) electrons. The molecule has 6 rings (SSSR count). The molecule has 6 nitrogen and oxygen atoms in total. The molecule has 0 amide bonds. The van der Waals surface area contributed by atoms with Gasteiger partial charge in [-0.1, -0.05) is 37.3 Å². The van der Waals surface area contributed by atoms with Crippen molar-refractivity contribution in [1.82, 2.24) is 0 Å². The number of hydrogen-bond acceptors (Lipinski definition) is 5. The van der Waals surface area contributed by atoms with Gasteiger partial charge in [-0.25, -0.2) is 0 Å². The summed E-state index contributed by atoms with van der Waals surface area (Å²) in [6.45, 7) is 9.69. The lowest BCUT2D eigenvalue weighted by Crippen LogP contribution is -2.44. The van der Waals surface area contributed by atoms with Crippen molar-refractivity contribution in [1.29, 1.82) is 0 Å². The number of carbonyl (C=O) groups is 1. The first kappa shape index (κ1) is 24.8. The van der Waals surface area contributed by atoms with Crippen LogP contribution in [-0.4, -0.2) is 44.1 Å². The van der Waals surface area contributed by atoms with E-state index in [2.05, 4.69) is 63.2 Å². The third-order valence-electron chi connectivity index (χ3n) is 8.04. The lowest BCUT2D eigenvalue weighted by molar-refractivity contribution is -0.137. The number of para-hydroxylation sites is 1. The molecule has 3 aromatic rings. The summed E-state index contributed by atoms with van der Waals surface area (Å²) in [6.07, 6.45) is 0.934. The highest BCUT2D eigenvalue weighted by Crippen LogP contribution is 2.46. The van der Waals surface area contributed by atoms with Gasteiger partial charge in [-0.2, -0.15) is 0 Å². The van der Waals surface area contributed by atoms with Crippen molar-refractivity contribution in [3.05, 3.63) is 76.3 Å². The minimum Gasteiger partial charge on any atom is -0.493 e. The van der Waals surface area contributed by atoms with Crippen molar-refractivity contribution in [3.8, 4) is 28.4 Å². The maximum absolute atomic E-state index is 11.2. The molecule has 0 saturated carbocycles. The van der Waals surface area contributed by atoms with Crippen LogP contribution in [0, 0.1) is 19.3 Å². The molecule has 0 spiro atoms. The number of benzene rings is 3. The fourth-order valence-electron chi connectivity index (χ4n) is 6.01. The zero-order valence-corrected chi connectivity index (χ0v) is 22.2. The number of hydrogen-bond donors (Lipinski definition) is 1. The Morgan fingerprint density at radius 2 is 1.76 bits per heavy atom. The fourth-order valence-corrected chi connectivity index (χ4v) is 6.01. The van der Waals surface area contributed by atoms with Gasteiger partial charge in [-0.15, -0.1) is 0 Å². The Bertz CT molecular complexity index is 1370. The Labute approximate surface area is 223 Å². The maximum atomic E-state index is 11.2. The first-order chi connectivity index (χ1) is 18.3. The topological polar surface area (TPSA) is 74.2 Å². The summed E-state index contributed by atoms with van der Waals surface area (Å²) in [7, 11) is 0. The van der Waals surface area contributed by atoms with Crippen molar-refractivity contribution in [3.63, 3.8) is 0 Å². The molecule has 198 valence electrons. The SMILES string of the molecule is Cc1cc(OCC2(C)COC2)cc(C)c1-c1cccc2c1OC[C@H]2Cc1ccc2c(c1)OC[C@H]2CC(=O)O. The average molecular weight is 515 g/mol. The second-order valence-corrected chi connectivity index (χ2v) is 11.4. The quantitative estimate of drug-likeness (QED) is 0.394. The largest absolute Gasteiger partial charge is 0.493 e. The molecule has 3 aliphatic heterocycles. The van der Waals surface area contributed by atoms with Crippen LogP contribution in [0.3, 0.4) is 0 Å². The fraction of sp³-hybridized carbons (Fsp3) is 0.406. The number of aryl methyl sites for hydroxylation is 2. The van der Waals surface area contributed by atoms with Gasteiger partial charge in [0, 0.05) is 33.9 Å². The van der Waals surface area contributed by atoms with E-state index in [4.69, 9.17) is 18.9 Å². The van der Waals surface area contributed by atoms with Gasteiger partial charge < -0.3 is 24.1 Å². The predicted octanol–water partition coefficient (Wildman–Crippen LogP) is 6.06. The van der Waals surface area contributed by atoms with Crippen molar-refractivity contribution >= 4 is 5.97 Å². The normalized spacial score (nSPS) is 20.6. The Hall–Kier alpha value is -3.51. The minimum absolute atomic E-state index is 0.0757. The maximum Gasteiger partial charge on any atom is 0.304 e. The minimum atomic E-state index is -0.795. The van der Waals surface area contributed by atoms with E-state index >= 15 is 0 Å². The summed E-state index contributed by atoms with van der Waals surface area (Å²) in [5, 5.41) is 9.17. The summed E-state index contributed by atoms with van der Waals surface area (Å²) in [5.74, 6) is 2.05. The number of aliphatic carboxylic acids is 1. The summed E-state index contributed by atoms with van der Waals surface area (Å²) in [4.78, 5) is 11.2. The molecule has 6 heteroatoms. The molecule has 1 N–H and O–H groups in total. The Morgan fingerprint density at radius 1 is 1.00 bits per heavy atom. The van der Waals surface area contributed by atoms with Gasteiger partial charge in [0.25, 0.3) is 0 Å². The standard InChI is InChI=1S/C32H34O6/c1-19-9-24(38-18-32(3)16-35-17-32)10-20(2)30(19)27-6-4-5-26-22(15-37-31(26)27)11-21-7-8-25-23(13-29(33)34)14-36-28(25)12-21/h4-10,12,22-23H,11,13-18H2,1-3H3,(H,33,34)/t22-,23-/m1/s1. The van der Waals surface area contributed by atoms with E-state index in [1.54, 1.807) is 0 Å². The van der Waals surface area contributed by atoms with Crippen LogP contribution in [-0.2, 0) is 16.0 Å². The Morgan fingerprint density at radius 3 is 2.47 bits per heavy atom. The van der Waals surface area contributed by atoms with Gasteiger partial charge >= 0.3 is 5.97 Å². The monoisotopic (exact) mass is 514 g/mol. The molecule has 1 fully saturated rings. The highest BCUT2D eigenvalue weighted by molar-refractivity contribution is 5.79. The van der Waals surface area contributed by atoms with E-state index in [0.717, 1.165) is 48.0 Å². The van der Waals surface area contributed by atoms with Gasteiger partial charge in [0.2, 0.25) is 0 Å². The molecule has 2 atom stereocenters. The molecule has 0 bridgehead atoms. The van der Waals surface area contributed by atoms with E-state index < -0.39 is 5.97 Å². The van der Waals surface area contributed by atoms with Crippen LogP contribution < -0.4 is 14.2 Å². The van der Waals surface area contributed by atoms with Crippen LogP contribution in [0.15, 0.2) is 48.5 Å². The number of rotatable bonds is 8. The van der Waals surface area contributed by atoms with E-state index in [1.807, 2.05) is 6.07 Å². The molecular formula is C32H34O6. The Balaban J connectivity index is 1.22. The van der Waals surface area contributed by atoms with E-state index in [1.165, 1.54) is 27.8 Å². The lowest BCUT2D eigenvalue weighted by Gasteiger charge is -2.37. The zero-order valence-electron chi connectivity index (χ0n) is 22.2. The van der Waals surface area contributed by atoms with E-state index in [-0.39, 0.29) is 23.7 Å². The summed E-state index contributed by atoms with van der Waals surface area (Å²) >= 11 is 0. The van der Waals surface area contributed by atoms with Crippen LogP contribution in [0.4, 0.5) is 0 Å². The molecule has 0 aliphatic carbocycles. The third kappa shape index (κ3) is 4.62. The first-order valence-corrected chi connectivity index (χ1v) is 13.3. The number of ether oxygens (including phenoxy) is 4. The van der Waals surface area contributed by atoms with Gasteiger partial charge in [-0.3, -0.25) is 4.79 Å². The first-order valence-electron chi connectivity index (χ1n) is 13.3. The van der Waals surface area contributed by atoms with Crippen molar-refractivity contribution < 1.29 is 28.8 Å². The van der Waals surface area contributed by atoms with Crippen molar-refractivity contribution in [2.45, 2.75) is 45.4 Å². The molecule has 3 aliphatic rings. The second kappa shape index (κ2) is 9.66. The van der Waals surface area contributed by atoms with E-state index in [9.17, 15) is 9.90 Å². The zero-order chi connectivity index (χ0) is 26.4. The third-order valence-corrected chi connectivity index (χ3v) is 8.04. The molecule has 3 aromatic carbocycles.